The van der Waals surface area contributed by atoms with E-state index in [9.17, 15) is 40.2 Å². The van der Waals surface area contributed by atoms with Gasteiger partial charge in [0.2, 0.25) is 0 Å². The Morgan fingerprint density at radius 2 is 1.12 bits per heavy atom. The molecule has 2 heterocycles. The lowest BCUT2D eigenvalue weighted by Crippen LogP contribution is -2.65. The Bertz CT molecular complexity index is 750. The van der Waals surface area contributed by atoms with Crippen LogP contribution in [0.15, 0.2) is 0 Å². The maximum Gasteiger partial charge on any atom is 0.306 e. The number of esters is 2. The van der Waals surface area contributed by atoms with Crippen LogP contribution in [-0.4, -0.2) is 117 Å². The highest BCUT2D eigenvalue weighted by atomic mass is 16.7. The van der Waals surface area contributed by atoms with E-state index in [-0.39, 0.29) is 12.8 Å². The topological polar surface area (TPSA) is 202 Å². The van der Waals surface area contributed by atoms with Crippen molar-refractivity contribution < 1.29 is 63.9 Å². The lowest BCUT2D eigenvalue weighted by molar-refractivity contribution is -0.356. The third-order valence-corrected chi connectivity index (χ3v) is 7.43. The Morgan fingerprint density at radius 3 is 1.63 bits per heavy atom. The molecule has 0 aromatic rings. The zero-order valence-electron chi connectivity index (χ0n) is 24.2. The normalized spacial score (nSPS) is 33.9. The first-order valence-corrected chi connectivity index (χ1v) is 15.0. The van der Waals surface area contributed by atoms with Crippen LogP contribution < -0.4 is 0 Å². The van der Waals surface area contributed by atoms with Crippen molar-refractivity contribution in [3.63, 3.8) is 0 Å². The van der Waals surface area contributed by atoms with Crippen molar-refractivity contribution in [3.8, 4) is 0 Å². The molecule has 0 saturated carbocycles. The number of hydrogen-bond acceptors (Lipinski definition) is 13. The van der Waals surface area contributed by atoms with Gasteiger partial charge in [-0.25, -0.2) is 0 Å². The van der Waals surface area contributed by atoms with Crippen LogP contribution in [-0.2, 0) is 33.3 Å². The average Bonchev–Trinajstić information content (AvgIpc) is 2.95. The van der Waals surface area contributed by atoms with Crippen molar-refractivity contribution in [2.24, 2.45) is 0 Å². The standard InChI is InChI=1S/C28H50O13/c1-3-5-7-9-11-13-19(31)39-25-21(33)17(15-29)38-28(26(25)40-20(32)14-12-10-8-6-4-2)41-24-18(16-30)37-27(36)23(35)22(24)34/h17-18,21-30,33-36H,3-16H2,1-2H3/t17-,18-,21-,22-,23-,24-,25+,26-,27-,28-/m1/s1. The third kappa shape index (κ3) is 11.0. The van der Waals surface area contributed by atoms with Gasteiger partial charge in [0.1, 0.15) is 36.6 Å². The molecule has 0 bridgehead atoms. The van der Waals surface area contributed by atoms with Crippen LogP contribution in [0, 0.1) is 0 Å². The molecule has 0 unspecified atom stereocenters. The van der Waals surface area contributed by atoms with Gasteiger partial charge >= 0.3 is 11.9 Å². The molecular weight excluding hydrogens is 544 g/mol. The van der Waals surface area contributed by atoms with Crippen molar-refractivity contribution >= 4 is 11.9 Å². The Balaban J connectivity index is 2.24. The zero-order valence-corrected chi connectivity index (χ0v) is 24.2. The minimum Gasteiger partial charge on any atom is -0.455 e. The van der Waals surface area contributed by atoms with Crippen molar-refractivity contribution in [1.82, 2.24) is 0 Å². The zero-order chi connectivity index (χ0) is 30.4. The summed E-state index contributed by atoms with van der Waals surface area (Å²) < 4.78 is 27.9. The molecule has 2 aliphatic rings. The van der Waals surface area contributed by atoms with Gasteiger partial charge in [0, 0.05) is 12.8 Å². The first kappa shape index (κ1) is 35.8. The van der Waals surface area contributed by atoms with E-state index in [0.717, 1.165) is 51.4 Å². The van der Waals surface area contributed by atoms with E-state index in [2.05, 4.69) is 13.8 Å². The maximum absolute atomic E-state index is 12.8. The van der Waals surface area contributed by atoms with E-state index in [1.807, 2.05) is 0 Å². The molecule has 0 aromatic heterocycles. The van der Waals surface area contributed by atoms with E-state index in [1.165, 1.54) is 0 Å². The molecule has 0 spiro atoms. The van der Waals surface area contributed by atoms with Crippen LogP contribution in [0.5, 0.6) is 0 Å². The van der Waals surface area contributed by atoms with E-state index >= 15 is 0 Å². The van der Waals surface area contributed by atoms with Gasteiger partial charge in [-0.1, -0.05) is 65.2 Å². The number of ether oxygens (including phenoxy) is 5. The van der Waals surface area contributed by atoms with Crippen molar-refractivity contribution in [1.29, 1.82) is 0 Å². The number of hydrogen-bond donors (Lipinski definition) is 6. The molecule has 0 aromatic carbocycles. The van der Waals surface area contributed by atoms with Crippen LogP contribution in [0.4, 0.5) is 0 Å². The minimum atomic E-state index is -1.80. The predicted molar refractivity (Wildman–Crippen MR) is 143 cm³/mol. The summed E-state index contributed by atoms with van der Waals surface area (Å²) in [6.45, 7) is 2.72. The van der Waals surface area contributed by atoms with Gasteiger partial charge in [0.15, 0.2) is 24.8 Å². The van der Waals surface area contributed by atoms with Gasteiger partial charge in [0.25, 0.3) is 0 Å². The largest absolute Gasteiger partial charge is 0.455 e. The number of carbonyl (C=O) groups is 2. The molecule has 13 heteroatoms. The molecule has 6 N–H and O–H groups in total. The number of unbranched alkanes of at least 4 members (excludes halogenated alkanes) is 8. The summed E-state index contributed by atoms with van der Waals surface area (Å²) in [5, 5.41) is 61.1. The summed E-state index contributed by atoms with van der Waals surface area (Å²) >= 11 is 0. The van der Waals surface area contributed by atoms with Crippen molar-refractivity contribution in [2.45, 2.75) is 152 Å². The Hall–Kier alpha value is -1.42. The summed E-state index contributed by atoms with van der Waals surface area (Å²) in [6.07, 6.45) is -6.75. The molecule has 2 fully saturated rings. The predicted octanol–water partition coefficient (Wildman–Crippen LogP) is 0.426. The lowest BCUT2D eigenvalue weighted by Gasteiger charge is -2.46. The summed E-state index contributed by atoms with van der Waals surface area (Å²) in [7, 11) is 0. The van der Waals surface area contributed by atoms with Crippen LogP contribution in [0.25, 0.3) is 0 Å². The summed E-state index contributed by atoms with van der Waals surface area (Å²) in [5.74, 6) is -1.30. The van der Waals surface area contributed by atoms with Gasteiger partial charge in [-0.3, -0.25) is 9.59 Å². The molecule has 2 aliphatic heterocycles. The fourth-order valence-electron chi connectivity index (χ4n) is 4.97. The first-order chi connectivity index (χ1) is 19.7. The highest BCUT2D eigenvalue weighted by Gasteiger charge is 2.53. The number of aliphatic hydroxyl groups is 6. The first-order valence-electron chi connectivity index (χ1n) is 15.0. The molecule has 240 valence electrons. The Kier molecular flexibility index (Phi) is 16.6. The molecule has 0 radical (unpaired) electrons. The second-order valence-corrected chi connectivity index (χ2v) is 10.8. The highest BCUT2D eigenvalue weighted by molar-refractivity contribution is 5.70. The average molecular weight is 595 g/mol. The van der Waals surface area contributed by atoms with Crippen molar-refractivity contribution in [2.75, 3.05) is 13.2 Å². The number of rotatable bonds is 18. The molecule has 2 rings (SSSR count). The van der Waals surface area contributed by atoms with E-state index in [0.29, 0.717) is 12.8 Å². The fourth-order valence-corrected chi connectivity index (χ4v) is 4.97. The van der Waals surface area contributed by atoms with Gasteiger partial charge < -0.3 is 54.3 Å². The van der Waals surface area contributed by atoms with E-state index in [4.69, 9.17) is 23.7 Å². The molecule has 0 aliphatic carbocycles. The summed E-state index contributed by atoms with van der Waals surface area (Å²) in [6, 6.07) is 0. The van der Waals surface area contributed by atoms with Crippen LogP contribution in [0.2, 0.25) is 0 Å². The van der Waals surface area contributed by atoms with Gasteiger partial charge in [-0.15, -0.1) is 0 Å². The van der Waals surface area contributed by atoms with Gasteiger partial charge in [-0.05, 0) is 12.8 Å². The summed E-state index contributed by atoms with van der Waals surface area (Å²) in [5.41, 5.74) is 0. The quantitative estimate of drug-likeness (QED) is 0.0943. The Labute approximate surface area is 241 Å². The monoisotopic (exact) mass is 594 g/mol. The van der Waals surface area contributed by atoms with Crippen LogP contribution in [0.3, 0.4) is 0 Å². The highest BCUT2D eigenvalue weighted by Crippen LogP contribution is 2.32. The third-order valence-electron chi connectivity index (χ3n) is 7.43. The SMILES string of the molecule is CCCCCCCC(=O)O[C@H]1[C@@H](O[C@H]2[C@H](O)[C@@H](O)[C@H](O)O[C@@H]2CO)O[C@H](CO)[C@@H](O)[C@@H]1OC(=O)CCCCCCC. The van der Waals surface area contributed by atoms with Crippen LogP contribution >= 0.6 is 0 Å². The molecule has 10 atom stereocenters. The van der Waals surface area contributed by atoms with E-state index in [1.54, 1.807) is 0 Å². The molecular formula is C28H50O13. The van der Waals surface area contributed by atoms with Crippen LogP contribution in [0.1, 0.15) is 90.9 Å². The lowest BCUT2D eigenvalue weighted by atomic mass is 9.96. The second kappa shape index (κ2) is 19.0. The maximum atomic E-state index is 12.8. The smallest absolute Gasteiger partial charge is 0.306 e. The number of aliphatic hydroxyl groups excluding tert-OH is 6. The fraction of sp³-hybridized carbons (Fsp3) is 0.929. The van der Waals surface area contributed by atoms with E-state index < -0.39 is 86.6 Å². The minimum absolute atomic E-state index is 0.0455. The van der Waals surface area contributed by atoms with Gasteiger partial charge in [-0.2, -0.15) is 0 Å². The molecule has 41 heavy (non-hydrogen) atoms. The second-order valence-electron chi connectivity index (χ2n) is 10.8. The Morgan fingerprint density at radius 1 is 0.610 bits per heavy atom. The number of carbonyl (C=O) groups excluding carboxylic acids is 2. The molecule has 2 saturated heterocycles. The summed E-state index contributed by atoms with van der Waals surface area (Å²) in [4.78, 5) is 25.6. The molecule has 13 nitrogen and oxygen atoms in total. The van der Waals surface area contributed by atoms with Crippen molar-refractivity contribution in [3.05, 3.63) is 0 Å². The molecule has 0 amide bonds. The van der Waals surface area contributed by atoms with Gasteiger partial charge in [0.05, 0.1) is 13.2 Å².